The number of imide groups is 1. The van der Waals surface area contributed by atoms with Crippen LogP contribution in [0.5, 0.6) is 0 Å². The van der Waals surface area contributed by atoms with E-state index in [1.807, 2.05) is 0 Å². The fourth-order valence-corrected chi connectivity index (χ4v) is 1.43. The summed E-state index contributed by atoms with van der Waals surface area (Å²) in [4.78, 5) is 35.2. The molecule has 0 spiro atoms. The first kappa shape index (κ1) is 15.4. The lowest BCUT2D eigenvalue weighted by Gasteiger charge is -2.22. The van der Waals surface area contributed by atoms with Crippen LogP contribution in [0.25, 0.3) is 0 Å². The summed E-state index contributed by atoms with van der Waals surface area (Å²) < 4.78 is 10.4. The van der Waals surface area contributed by atoms with Gasteiger partial charge in [-0.25, -0.2) is 4.79 Å². The molecule has 0 aliphatic carbocycles. The third-order valence-electron chi connectivity index (χ3n) is 2.32. The van der Waals surface area contributed by atoms with E-state index in [1.165, 1.54) is 12.2 Å². The third kappa shape index (κ3) is 4.82. The van der Waals surface area contributed by atoms with E-state index in [-0.39, 0.29) is 25.0 Å². The van der Waals surface area contributed by atoms with Crippen molar-refractivity contribution in [2.45, 2.75) is 39.4 Å². The second-order valence-corrected chi connectivity index (χ2v) is 5.21. The molecule has 19 heavy (non-hydrogen) atoms. The van der Waals surface area contributed by atoms with E-state index >= 15 is 0 Å². The van der Waals surface area contributed by atoms with Gasteiger partial charge in [0.1, 0.15) is 5.60 Å². The number of rotatable bonds is 5. The molecule has 106 valence electrons. The van der Waals surface area contributed by atoms with Gasteiger partial charge in [0.05, 0.1) is 13.2 Å². The predicted molar refractivity (Wildman–Crippen MR) is 67.1 cm³/mol. The normalized spacial score (nSPS) is 16.9. The van der Waals surface area contributed by atoms with E-state index < -0.39 is 17.7 Å². The van der Waals surface area contributed by atoms with Crippen LogP contribution in [-0.2, 0) is 23.9 Å². The van der Waals surface area contributed by atoms with E-state index in [4.69, 9.17) is 9.47 Å². The monoisotopic (exact) mass is 269 g/mol. The Bertz CT molecular complexity index is 390. The summed E-state index contributed by atoms with van der Waals surface area (Å²) in [5.41, 5.74) is -0.570. The van der Waals surface area contributed by atoms with Gasteiger partial charge in [-0.1, -0.05) is 0 Å². The van der Waals surface area contributed by atoms with Gasteiger partial charge >= 0.3 is 5.97 Å². The van der Waals surface area contributed by atoms with Gasteiger partial charge in [-0.05, 0) is 27.7 Å². The molecule has 1 aliphatic heterocycles. The highest BCUT2D eigenvalue weighted by Gasteiger charge is 2.25. The molecule has 0 bridgehead atoms. The lowest BCUT2D eigenvalue weighted by atomic mass is 10.2. The topological polar surface area (TPSA) is 72.9 Å². The Morgan fingerprint density at radius 3 is 2.26 bits per heavy atom. The maximum absolute atomic E-state index is 11.6. The van der Waals surface area contributed by atoms with Crippen LogP contribution in [0.4, 0.5) is 0 Å². The molecule has 0 aromatic carbocycles. The van der Waals surface area contributed by atoms with E-state index in [9.17, 15) is 14.4 Å². The molecular formula is C13H19NO5. The fraction of sp³-hybridized carbons (Fsp3) is 0.615. The van der Waals surface area contributed by atoms with Crippen molar-refractivity contribution in [2.75, 3.05) is 13.2 Å². The molecule has 1 rings (SSSR count). The van der Waals surface area contributed by atoms with Crippen molar-refractivity contribution in [1.82, 2.24) is 4.90 Å². The van der Waals surface area contributed by atoms with Gasteiger partial charge in [0.25, 0.3) is 11.8 Å². The summed E-state index contributed by atoms with van der Waals surface area (Å²) in [5, 5.41) is 0. The Morgan fingerprint density at radius 1 is 1.26 bits per heavy atom. The summed E-state index contributed by atoms with van der Waals surface area (Å²) in [6.45, 7) is 7.10. The van der Waals surface area contributed by atoms with Crippen LogP contribution in [-0.4, -0.2) is 47.5 Å². The molecular weight excluding hydrogens is 250 g/mol. The Labute approximate surface area is 112 Å². The fourth-order valence-electron chi connectivity index (χ4n) is 1.43. The Kier molecular flexibility index (Phi) is 4.83. The van der Waals surface area contributed by atoms with E-state index in [1.54, 1.807) is 27.7 Å². The molecule has 0 aromatic heterocycles. The van der Waals surface area contributed by atoms with E-state index in [0.29, 0.717) is 0 Å². The zero-order valence-corrected chi connectivity index (χ0v) is 11.6. The first-order chi connectivity index (χ1) is 8.70. The van der Waals surface area contributed by atoms with Crippen LogP contribution in [0.2, 0.25) is 0 Å². The van der Waals surface area contributed by atoms with Crippen LogP contribution in [0.3, 0.4) is 0 Å². The first-order valence-electron chi connectivity index (χ1n) is 6.09. The van der Waals surface area contributed by atoms with Crippen molar-refractivity contribution in [3.8, 4) is 0 Å². The number of amides is 2. The van der Waals surface area contributed by atoms with Gasteiger partial charge in [-0.3, -0.25) is 14.5 Å². The smallest absolute Gasteiger partial charge is 0.335 e. The predicted octanol–water partition coefficient (Wildman–Crippen LogP) is 0.658. The summed E-state index contributed by atoms with van der Waals surface area (Å²) in [6.07, 6.45) is 1.68. The van der Waals surface area contributed by atoms with Crippen molar-refractivity contribution >= 4 is 17.8 Å². The summed E-state index contributed by atoms with van der Waals surface area (Å²) in [5.74, 6) is -1.19. The van der Waals surface area contributed by atoms with Gasteiger partial charge in [0, 0.05) is 12.2 Å². The largest absolute Gasteiger partial charge is 0.458 e. The number of esters is 1. The van der Waals surface area contributed by atoms with Gasteiger partial charge in [0.15, 0.2) is 6.10 Å². The van der Waals surface area contributed by atoms with Crippen molar-refractivity contribution in [2.24, 2.45) is 0 Å². The van der Waals surface area contributed by atoms with Crippen molar-refractivity contribution in [3.63, 3.8) is 0 Å². The SMILES string of the molecule is CC(OCCN1C(=O)C=CC1=O)C(=O)OC(C)(C)C. The molecule has 0 aromatic rings. The van der Waals surface area contributed by atoms with Gasteiger partial charge in [-0.2, -0.15) is 0 Å². The van der Waals surface area contributed by atoms with Crippen LogP contribution in [0, 0.1) is 0 Å². The summed E-state index contributed by atoms with van der Waals surface area (Å²) in [7, 11) is 0. The van der Waals surface area contributed by atoms with E-state index in [2.05, 4.69) is 0 Å². The van der Waals surface area contributed by atoms with Crippen molar-refractivity contribution < 1.29 is 23.9 Å². The minimum atomic E-state index is -0.736. The minimum Gasteiger partial charge on any atom is -0.458 e. The van der Waals surface area contributed by atoms with Crippen LogP contribution >= 0.6 is 0 Å². The molecule has 1 aliphatic rings. The molecule has 0 fully saturated rings. The lowest BCUT2D eigenvalue weighted by molar-refractivity contribution is -0.167. The van der Waals surface area contributed by atoms with Gasteiger partial charge in [0.2, 0.25) is 0 Å². The summed E-state index contributed by atoms with van der Waals surface area (Å²) >= 11 is 0. The number of ether oxygens (including phenoxy) is 2. The molecule has 6 nitrogen and oxygen atoms in total. The number of hydrogen-bond donors (Lipinski definition) is 0. The number of hydrogen-bond acceptors (Lipinski definition) is 5. The first-order valence-corrected chi connectivity index (χ1v) is 6.09. The second kappa shape index (κ2) is 5.97. The molecule has 0 radical (unpaired) electrons. The van der Waals surface area contributed by atoms with Gasteiger partial charge < -0.3 is 9.47 Å². The molecule has 0 saturated carbocycles. The molecule has 6 heteroatoms. The highest BCUT2D eigenvalue weighted by molar-refractivity contribution is 6.12. The molecule has 1 unspecified atom stereocenters. The highest BCUT2D eigenvalue weighted by atomic mass is 16.6. The zero-order chi connectivity index (χ0) is 14.6. The van der Waals surface area contributed by atoms with Crippen molar-refractivity contribution in [1.29, 1.82) is 0 Å². The Morgan fingerprint density at radius 2 is 1.79 bits per heavy atom. The zero-order valence-electron chi connectivity index (χ0n) is 11.6. The Hall–Kier alpha value is -1.69. The maximum atomic E-state index is 11.6. The molecule has 1 heterocycles. The quantitative estimate of drug-likeness (QED) is 0.541. The average molecular weight is 269 g/mol. The maximum Gasteiger partial charge on any atom is 0.335 e. The van der Waals surface area contributed by atoms with Crippen LogP contribution < -0.4 is 0 Å². The molecule has 2 amide bonds. The van der Waals surface area contributed by atoms with Crippen LogP contribution in [0.15, 0.2) is 12.2 Å². The standard InChI is InChI=1S/C13H19NO5/c1-9(12(17)19-13(2,3)4)18-8-7-14-10(15)5-6-11(14)16/h5-6,9H,7-8H2,1-4H3. The van der Waals surface area contributed by atoms with E-state index in [0.717, 1.165) is 4.90 Å². The highest BCUT2D eigenvalue weighted by Crippen LogP contribution is 2.10. The molecule has 0 saturated heterocycles. The number of nitrogens with zero attached hydrogens (tertiary/aromatic N) is 1. The van der Waals surface area contributed by atoms with Crippen molar-refractivity contribution in [3.05, 3.63) is 12.2 Å². The van der Waals surface area contributed by atoms with Gasteiger partial charge in [-0.15, -0.1) is 0 Å². The average Bonchev–Trinajstić information content (AvgIpc) is 2.57. The second-order valence-electron chi connectivity index (χ2n) is 5.21. The molecule has 0 N–H and O–H groups in total. The minimum absolute atomic E-state index is 0.0968. The number of carbonyl (C=O) groups is 3. The van der Waals surface area contributed by atoms with Crippen LogP contribution in [0.1, 0.15) is 27.7 Å². The molecule has 1 atom stereocenters. The lowest BCUT2D eigenvalue weighted by Crippen LogP contribution is -2.36. The number of carbonyl (C=O) groups excluding carboxylic acids is 3. The Balaban J connectivity index is 2.31. The third-order valence-corrected chi connectivity index (χ3v) is 2.32. The summed E-state index contributed by atoms with van der Waals surface area (Å²) in [6, 6.07) is 0.